The van der Waals surface area contributed by atoms with Gasteiger partial charge in [0.05, 0.1) is 7.11 Å². The predicted molar refractivity (Wildman–Crippen MR) is 114 cm³/mol. The minimum atomic E-state index is -0.908. The lowest BCUT2D eigenvalue weighted by Crippen LogP contribution is -2.41. The van der Waals surface area contributed by atoms with Gasteiger partial charge in [-0.15, -0.1) is 0 Å². The first-order valence-electron chi connectivity index (χ1n) is 10.8. The molecule has 0 radical (unpaired) electrons. The third-order valence-electron chi connectivity index (χ3n) is 5.67. The van der Waals surface area contributed by atoms with Gasteiger partial charge in [0, 0.05) is 31.5 Å². The number of nitrogens with zero attached hydrogens (tertiary/aromatic N) is 1. The second kappa shape index (κ2) is 9.38. The van der Waals surface area contributed by atoms with E-state index in [1.165, 1.54) is 30.5 Å². The fourth-order valence-corrected chi connectivity index (χ4v) is 3.76. The maximum absolute atomic E-state index is 12.9. The highest BCUT2D eigenvalue weighted by Crippen LogP contribution is 2.35. The molecule has 0 saturated heterocycles. The topological polar surface area (TPSA) is 104 Å². The van der Waals surface area contributed by atoms with Crippen LogP contribution in [0.2, 0.25) is 0 Å². The number of esters is 2. The summed E-state index contributed by atoms with van der Waals surface area (Å²) in [6.45, 7) is 1.54. The lowest BCUT2D eigenvalue weighted by atomic mass is 10.1. The molecule has 0 spiro atoms. The van der Waals surface area contributed by atoms with Crippen molar-refractivity contribution in [3.8, 4) is 11.5 Å². The average Bonchev–Trinajstić information content (AvgIpc) is 3.49. The highest BCUT2D eigenvalue weighted by atomic mass is 16.6. The molecule has 1 N–H and O–H groups in total. The van der Waals surface area contributed by atoms with Crippen molar-refractivity contribution in [2.45, 2.75) is 51.2 Å². The molecule has 8 heteroatoms. The maximum Gasteiger partial charge on any atom is 0.328 e. The number of methoxy groups -OCH3 is 1. The summed E-state index contributed by atoms with van der Waals surface area (Å²) in [7, 11) is 1.41. The van der Waals surface area contributed by atoms with E-state index in [0.29, 0.717) is 18.8 Å². The lowest BCUT2D eigenvalue weighted by molar-refractivity contribution is -0.150. The average molecular weight is 438 g/mol. The molecule has 0 bridgehead atoms. The highest BCUT2D eigenvalue weighted by Gasteiger charge is 2.30. The van der Waals surface area contributed by atoms with Crippen molar-refractivity contribution >= 4 is 17.8 Å². The van der Waals surface area contributed by atoms with Crippen LogP contribution in [0.1, 0.15) is 47.8 Å². The Kier molecular flexibility index (Phi) is 6.39. The Balaban J connectivity index is 1.39. The number of pyridine rings is 1. The van der Waals surface area contributed by atoms with E-state index in [2.05, 4.69) is 10.3 Å². The van der Waals surface area contributed by atoms with Gasteiger partial charge in [-0.2, -0.15) is 0 Å². The van der Waals surface area contributed by atoms with Crippen LogP contribution in [-0.4, -0.2) is 42.1 Å². The van der Waals surface area contributed by atoms with Crippen LogP contribution in [0.3, 0.4) is 0 Å². The van der Waals surface area contributed by atoms with Gasteiger partial charge in [-0.1, -0.05) is 24.3 Å². The Morgan fingerprint density at radius 3 is 2.44 bits per heavy atom. The van der Waals surface area contributed by atoms with Crippen LogP contribution in [0.15, 0.2) is 36.5 Å². The summed E-state index contributed by atoms with van der Waals surface area (Å²) in [6.07, 6.45) is 4.71. The number of hydrogen-bond donors (Lipinski definition) is 1. The molecule has 2 aliphatic carbocycles. The van der Waals surface area contributed by atoms with Gasteiger partial charge in [0.15, 0.2) is 11.4 Å². The van der Waals surface area contributed by atoms with Crippen LogP contribution >= 0.6 is 0 Å². The highest BCUT2D eigenvalue weighted by molar-refractivity contribution is 5.98. The van der Waals surface area contributed by atoms with Crippen LogP contribution in [0.5, 0.6) is 11.5 Å². The van der Waals surface area contributed by atoms with Crippen LogP contribution in [0.25, 0.3) is 0 Å². The molecule has 2 aromatic rings. The van der Waals surface area contributed by atoms with Crippen molar-refractivity contribution in [3.63, 3.8) is 0 Å². The van der Waals surface area contributed by atoms with Gasteiger partial charge in [0.2, 0.25) is 5.75 Å². The Morgan fingerprint density at radius 1 is 1.12 bits per heavy atom. The Hall–Kier alpha value is -3.42. The van der Waals surface area contributed by atoms with Crippen molar-refractivity contribution < 1.29 is 28.6 Å². The molecule has 1 aromatic carbocycles. The summed E-state index contributed by atoms with van der Waals surface area (Å²) >= 11 is 0. The van der Waals surface area contributed by atoms with Crippen LogP contribution in [0, 0.1) is 5.92 Å². The van der Waals surface area contributed by atoms with Crippen molar-refractivity contribution in [2.24, 2.45) is 5.92 Å². The summed E-state index contributed by atoms with van der Waals surface area (Å²) < 4.78 is 16.3. The first-order valence-corrected chi connectivity index (χ1v) is 10.8. The number of benzene rings is 1. The number of fused-ring (bicyclic) bond motifs is 1. The van der Waals surface area contributed by atoms with E-state index < -0.39 is 23.9 Å². The van der Waals surface area contributed by atoms with E-state index in [4.69, 9.17) is 14.2 Å². The number of nitrogens with one attached hydrogen (secondary N) is 1. The summed E-state index contributed by atoms with van der Waals surface area (Å²) in [4.78, 5) is 41.7. The smallest absolute Gasteiger partial charge is 0.328 e. The fourth-order valence-electron chi connectivity index (χ4n) is 3.76. The van der Waals surface area contributed by atoms with Gasteiger partial charge in [0.1, 0.15) is 12.1 Å². The van der Waals surface area contributed by atoms with Gasteiger partial charge in [0.25, 0.3) is 5.91 Å². The normalized spacial score (nSPS) is 16.1. The molecule has 32 heavy (non-hydrogen) atoms. The number of rotatable bonds is 8. The van der Waals surface area contributed by atoms with E-state index in [1.54, 1.807) is 6.92 Å². The molecule has 1 amide bonds. The molecule has 1 fully saturated rings. The summed E-state index contributed by atoms with van der Waals surface area (Å²) in [6, 6.07) is 8.56. The van der Waals surface area contributed by atoms with Crippen molar-refractivity contribution in [3.05, 3.63) is 53.3 Å². The minimum absolute atomic E-state index is 0.0510. The van der Waals surface area contributed by atoms with Crippen LogP contribution in [-0.2, 0) is 27.2 Å². The van der Waals surface area contributed by atoms with Crippen LogP contribution in [0.4, 0.5) is 0 Å². The Morgan fingerprint density at radius 2 is 1.81 bits per heavy atom. The monoisotopic (exact) mass is 438 g/mol. The number of amides is 1. The number of ether oxygens (including phenoxy) is 3. The molecule has 1 atom stereocenters. The van der Waals surface area contributed by atoms with E-state index >= 15 is 0 Å². The lowest BCUT2D eigenvalue weighted by Gasteiger charge is -2.18. The zero-order valence-corrected chi connectivity index (χ0v) is 18.1. The van der Waals surface area contributed by atoms with E-state index in [-0.39, 0.29) is 29.7 Å². The zero-order valence-electron chi connectivity index (χ0n) is 18.1. The number of carbonyl (C=O) groups is 3. The largest absolute Gasteiger partial charge is 0.493 e. The second-order valence-electron chi connectivity index (χ2n) is 8.24. The van der Waals surface area contributed by atoms with Gasteiger partial charge in [-0.25, -0.2) is 9.78 Å². The first kappa shape index (κ1) is 21.8. The van der Waals surface area contributed by atoms with Gasteiger partial charge >= 0.3 is 11.9 Å². The molecule has 4 rings (SSSR count). The Labute approximate surface area is 186 Å². The Bertz CT molecular complexity index is 1010. The molecule has 8 nitrogen and oxygen atoms in total. The SMILES string of the molecule is COc1ccnc(C(=O)N[C@@H](C)C(=O)OC2Cc3ccccc3C2)c1OC(=O)CC1CC1. The molecule has 168 valence electrons. The van der Waals surface area contributed by atoms with Gasteiger partial charge in [-0.3, -0.25) is 9.59 Å². The van der Waals surface area contributed by atoms with Crippen molar-refractivity contribution in [1.29, 1.82) is 0 Å². The fraction of sp³-hybridized carbons (Fsp3) is 0.417. The molecule has 0 unspecified atom stereocenters. The molecule has 1 heterocycles. The molecule has 1 saturated carbocycles. The molecular weight excluding hydrogens is 412 g/mol. The van der Waals surface area contributed by atoms with Crippen LogP contribution < -0.4 is 14.8 Å². The summed E-state index contributed by atoms with van der Waals surface area (Å²) in [5.41, 5.74) is 2.21. The predicted octanol–water partition coefficient (Wildman–Crippen LogP) is 2.62. The van der Waals surface area contributed by atoms with Gasteiger partial charge in [-0.05, 0) is 36.8 Å². The maximum atomic E-state index is 12.9. The zero-order chi connectivity index (χ0) is 22.7. The third-order valence-corrected chi connectivity index (χ3v) is 5.67. The van der Waals surface area contributed by atoms with Crippen molar-refractivity contribution in [1.82, 2.24) is 10.3 Å². The van der Waals surface area contributed by atoms with E-state index in [9.17, 15) is 14.4 Å². The summed E-state index contributed by atoms with van der Waals surface area (Å²) in [5, 5.41) is 2.59. The number of hydrogen-bond acceptors (Lipinski definition) is 7. The molecule has 1 aromatic heterocycles. The minimum Gasteiger partial charge on any atom is -0.493 e. The molecule has 0 aliphatic heterocycles. The van der Waals surface area contributed by atoms with Crippen molar-refractivity contribution in [2.75, 3.05) is 7.11 Å². The molecule has 2 aliphatic rings. The third kappa shape index (κ3) is 5.07. The quantitative estimate of drug-likeness (QED) is 0.632. The first-order chi connectivity index (χ1) is 15.4. The van der Waals surface area contributed by atoms with E-state index in [1.807, 2.05) is 24.3 Å². The summed E-state index contributed by atoms with van der Waals surface area (Å²) in [5.74, 6) is -1.14. The number of carbonyl (C=O) groups excluding carboxylic acids is 3. The standard InChI is InChI=1S/C24H26N2O6/c1-14(24(29)31-18-12-16-5-3-4-6-17(16)13-18)26-23(28)21-22(19(30-2)9-10-25-21)32-20(27)11-15-7-8-15/h3-6,9-10,14-15,18H,7-8,11-13H2,1-2H3,(H,26,28)/t14-/m0/s1. The number of aromatic nitrogens is 1. The molecular formula is C24H26N2O6. The van der Waals surface area contributed by atoms with Gasteiger partial charge < -0.3 is 19.5 Å². The van der Waals surface area contributed by atoms with E-state index in [0.717, 1.165) is 12.8 Å². The second-order valence-corrected chi connectivity index (χ2v) is 8.24.